The maximum absolute atomic E-state index is 11.2. The van der Waals surface area contributed by atoms with E-state index in [9.17, 15) is 9.90 Å². The van der Waals surface area contributed by atoms with Gasteiger partial charge in [-0.15, -0.1) is 0 Å². The van der Waals surface area contributed by atoms with E-state index < -0.39 is 0 Å². The topological polar surface area (TPSA) is 66.8 Å². The molecule has 0 rings (SSSR count). The SMILES string of the molecule is CCCC(O)CCCCCCCCCCCCCC(=O)OCCO. The van der Waals surface area contributed by atoms with Gasteiger partial charge in [0.2, 0.25) is 0 Å². The molecule has 0 aromatic heterocycles. The molecule has 0 saturated carbocycles. The van der Waals surface area contributed by atoms with E-state index in [4.69, 9.17) is 9.84 Å². The lowest BCUT2D eigenvalue weighted by molar-refractivity contribution is -0.144. The van der Waals surface area contributed by atoms with Gasteiger partial charge in [0.05, 0.1) is 12.7 Å². The maximum atomic E-state index is 11.2. The number of aliphatic hydroxyl groups is 2. The van der Waals surface area contributed by atoms with Crippen molar-refractivity contribution < 1.29 is 19.7 Å². The molecule has 4 heteroatoms. The molecule has 0 heterocycles. The fourth-order valence-corrected chi connectivity index (χ4v) is 2.95. The zero-order chi connectivity index (χ0) is 17.9. The normalized spacial score (nSPS) is 12.3. The summed E-state index contributed by atoms with van der Waals surface area (Å²) < 4.78 is 4.81. The van der Waals surface area contributed by atoms with Crippen molar-refractivity contribution in [1.82, 2.24) is 0 Å². The van der Waals surface area contributed by atoms with Crippen LogP contribution in [0.1, 0.15) is 103 Å². The van der Waals surface area contributed by atoms with Crippen LogP contribution in [0.2, 0.25) is 0 Å². The monoisotopic (exact) mass is 344 g/mol. The summed E-state index contributed by atoms with van der Waals surface area (Å²) in [7, 11) is 0. The Morgan fingerprint density at radius 3 is 1.83 bits per heavy atom. The number of hydrogen-bond donors (Lipinski definition) is 2. The van der Waals surface area contributed by atoms with Crippen LogP contribution in [0.3, 0.4) is 0 Å². The van der Waals surface area contributed by atoms with Gasteiger partial charge in [-0.05, 0) is 19.3 Å². The zero-order valence-corrected chi connectivity index (χ0v) is 15.8. The minimum atomic E-state index is -0.189. The Morgan fingerprint density at radius 2 is 1.33 bits per heavy atom. The summed E-state index contributed by atoms with van der Waals surface area (Å²) >= 11 is 0. The Hall–Kier alpha value is -0.610. The van der Waals surface area contributed by atoms with Crippen molar-refractivity contribution in [3.05, 3.63) is 0 Å². The highest BCUT2D eigenvalue weighted by molar-refractivity contribution is 5.69. The van der Waals surface area contributed by atoms with E-state index >= 15 is 0 Å². The van der Waals surface area contributed by atoms with Crippen LogP contribution >= 0.6 is 0 Å². The van der Waals surface area contributed by atoms with E-state index in [-0.39, 0.29) is 25.3 Å². The zero-order valence-electron chi connectivity index (χ0n) is 15.8. The van der Waals surface area contributed by atoms with Crippen LogP contribution in [-0.4, -0.2) is 35.5 Å². The van der Waals surface area contributed by atoms with E-state index in [0.29, 0.717) is 6.42 Å². The van der Waals surface area contributed by atoms with Crippen LogP contribution in [0.5, 0.6) is 0 Å². The smallest absolute Gasteiger partial charge is 0.305 e. The molecule has 1 atom stereocenters. The van der Waals surface area contributed by atoms with Crippen LogP contribution in [0, 0.1) is 0 Å². The average Bonchev–Trinajstić information content (AvgIpc) is 2.57. The molecule has 0 radical (unpaired) electrons. The second-order valence-electron chi connectivity index (χ2n) is 6.81. The third-order valence-electron chi connectivity index (χ3n) is 4.39. The lowest BCUT2D eigenvalue weighted by Crippen LogP contribution is -2.07. The predicted molar refractivity (Wildman–Crippen MR) is 99.0 cm³/mol. The largest absolute Gasteiger partial charge is 0.463 e. The summed E-state index contributed by atoms with van der Waals surface area (Å²) in [6.07, 6.45) is 16.8. The molecule has 1 unspecified atom stereocenters. The summed E-state index contributed by atoms with van der Waals surface area (Å²) in [5.41, 5.74) is 0. The van der Waals surface area contributed by atoms with E-state index in [1.54, 1.807) is 0 Å². The summed E-state index contributed by atoms with van der Waals surface area (Å²) in [6, 6.07) is 0. The molecular weight excluding hydrogens is 304 g/mol. The van der Waals surface area contributed by atoms with E-state index in [2.05, 4.69) is 6.92 Å². The van der Waals surface area contributed by atoms with Crippen molar-refractivity contribution in [2.45, 2.75) is 109 Å². The number of unbranched alkanes of at least 4 members (excludes halogenated alkanes) is 10. The third kappa shape index (κ3) is 17.7. The Kier molecular flexibility index (Phi) is 18.2. The summed E-state index contributed by atoms with van der Waals surface area (Å²) in [5.74, 6) is -0.189. The van der Waals surface area contributed by atoms with Crippen LogP contribution in [-0.2, 0) is 9.53 Å². The first-order chi connectivity index (χ1) is 11.7. The molecule has 0 aliphatic rings. The molecule has 24 heavy (non-hydrogen) atoms. The van der Waals surface area contributed by atoms with Crippen molar-refractivity contribution in [2.75, 3.05) is 13.2 Å². The van der Waals surface area contributed by atoms with Crippen LogP contribution in [0.15, 0.2) is 0 Å². The number of rotatable bonds is 18. The van der Waals surface area contributed by atoms with E-state index in [1.807, 2.05) is 0 Å². The lowest BCUT2D eigenvalue weighted by Gasteiger charge is -2.08. The molecule has 0 bridgehead atoms. The highest BCUT2D eigenvalue weighted by atomic mass is 16.5. The first-order valence-electron chi connectivity index (χ1n) is 10.1. The Bertz CT molecular complexity index is 268. The van der Waals surface area contributed by atoms with Gasteiger partial charge < -0.3 is 14.9 Å². The molecule has 0 spiro atoms. The van der Waals surface area contributed by atoms with Gasteiger partial charge in [-0.2, -0.15) is 0 Å². The Morgan fingerprint density at radius 1 is 0.833 bits per heavy atom. The van der Waals surface area contributed by atoms with Gasteiger partial charge in [0.15, 0.2) is 0 Å². The van der Waals surface area contributed by atoms with Gasteiger partial charge in [0.1, 0.15) is 6.61 Å². The molecule has 2 N–H and O–H groups in total. The van der Waals surface area contributed by atoms with Crippen LogP contribution in [0.4, 0.5) is 0 Å². The van der Waals surface area contributed by atoms with Gasteiger partial charge in [-0.3, -0.25) is 4.79 Å². The van der Waals surface area contributed by atoms with Gasteiger partial charge >= 0.3 is 5.97 Å². The number of esters is 1. The number of carbonyl (C=O) groups is 1. The van der Waals surface area contributed by atoms with E-state index in [0.717, 1.165) is 32.1 Å². The van der Waals surface area contributed by atoms with Crippen LogP contribution in [0.25, 0.3) is 0 Å². The number of carbonyl (C=O) groups excluding carboxylic acids is 1. The minimum absolute atomic E-state index is 0.0773. The first kappa shape index (κ1) is 23.4. The number of hydrogen-bond acceptors (Lipinski definition) is 4. The highest BCUT2D eigenvalue weighted by Gasteiger charge is 2.02. The maximum Gasteiger partial charge on any atom is 0.305 e. The molecule has 4 nitrogen and oxygen atoms in total. The summed E-state index contributed by atoms with van der Waals surface area (Å²) in [4.78, 5) is 11.2. The standard InChI is InChI=1S/C20H40O4/c1-2-14-19(22)15-12-10-8-6-4-3-5-7-9-11-13-16-20(23)24-18-17-21/h19,21-22H,2-18H2,1H3. The van der Waals surface area contributed by atoms with Crippen molar-refractivity contribution in [1.29, 1.82) is 0 Å². The highest BCUT2D eigenvalue weighted by Crippen LogP contribution is 2.14. The van der Waals surface area contributed by atoms with Gasteiger partial charge in [-0.1, -0.05) is 77.6 Å². The molecule has 0 aliphatic heterocycles. The first-order valence-corrected chi connectivity index (χ1v) is 10.1. The van der Waals surface area contributed by atoms with Crippen molar-refractivity contribution >= 4 is 5.97 Å². The van der Waals surface area contributed by atoms with Crippen LogP contribution < -0.4 is 0 Å². The van der Waals surface area contributed by atoms with Gasteiger partial charge in [0.25, 0.3) is 0 Å². The predicted octanol–water partition coefficient (Wildman–Crippen LogP) is 4.75. The second-order valence-corrected chi connectivity index (χ2v) is 6.81. The summed E-state index contributed by atoms with van der Waals surface area (Å²) in [6.45, 7) is 2.15. The van der Waals surface area contributed by atoms with Crippen molar-refractivity contribution in [3.63, 3.8) is 0 Å². The Labute approximate surface area is 149 Å². The summed E-state index contributed by atoms with van der Waals surface area (Å²) in [5, 5.41) is 18.2. The molecule has 0 aromatic rings. The minimum Gasteiger partial charge on any atom is -0.463 e. The number of ether oxygens (including phenoxy) is 1. The average molecular weight is 345 g/mol. The lowest BCUT2D eigenvalue weighted by atomic mass is 10.0. The quantitative estimate of drug-likeness (QED) is 0.278. The van der Waals surface area contributed by atoms with E-state index in [1.165, 1.54) is 57.8 Å². The fourth-order valence-electron chi connectivity index (χ4n) is 2.95. The molecule has 0 aromatic carbocycles. The fraction of sp³-hybridized carbons (Fsp3) is 0.950. The number of aliphatic hydroxyl groups excluding tert-OH is 2. The van der Waals surface area contributed by atoms with Gasteiger partial charge in [0, 0.05) is 6.42 Å². The molecule has 0 fully saturated rings. The molecular formula is C20H40O4. The van der Waals surface area contributed by atoms with Gasteiger partial charge in [-0.25, -0.2) is 0 Å². The molecule has 0 aliphatic carbocycles. The Balaban J connectivity index is 3.11. The third-order valence-corrected chi connectivity index (χ3v) is 4.39. The molecule has 0 saturated heterocycles. The van der Waals surface area contributed by atoms with Crippen molar-refractivity contribution in [3.8, 4) is 0 Å². The molecule has 0 amide bonds. The second kappa shape index (κ2) is 18.7. The molecule has 144 valence electrons. The van der Waals surface area contributed by atoms with Crippen molar-refractivity contribution in [2.24, 2.45) is 0 Å².